The highest BCUT2D eigenvalue weighted by Crippen LogP contribution is 2.29. The van der Waals surface area contributed by atoms with Crippen LogP contribution in [0.15, 0.2) is 77.3 Å². The molecule has 0 aromatic heterocycles. The minimum Gasteiger partial charge on any atom is -0.483 e. The van der Waals surface area contributed by atoms with Crippen molar-refractivity contribution < 1.29 is 14.3 Å². The lowest BCUT2D eigenvalue weighted by Crippen LogP contribution is -2.52. The number of carbonyl (C=O) groups is 2. The molecule has 0 radical (unpaired) electrons. The van der Waals surface area contributed by atoms with Crippen molar-refractivity contribution in [1.82, 2.24) is 10.2 Å². The fourth-order valence-corrected chi connectivity index (χ4v) is 4.62. The number of nitrogens with one attached hydrogen (secondary N) is 1. The maximum atomic E-state index is 13.7. The molecule has 1 N–H and O–H groups in total. The average molecular weight is 600 g/mol. The zero-order chi connectivity index (χ0) is 27.7. The molecule has 1 atom stereocenters. The number of ether oxygens (including phenoxy) is 1. The molecule has 0 aliphatic rings. The van der Waals surface area contributed by atoms with Gasteiger partial charge in [0.25, 0.3) is 5.91 Å². The van der Waals surface area contributed by atoms with Crippen LogP contribution in [-0.2, 0) is 22.6 Å². The van der Waals surface area contributed by atoms with E-state index < -0.39 is 6.04 Å². The van der Waals surface area contributed by atoms with Crippen LogP contribution in [0.2, 0.25) is 5.02 Å². The van der Waals surface area contributed by atoms with E-state index in [9.17, 15) is 9.59 Å². The molecular weight excluding hydrogens is 564 g/mol. The van der Waals surface area contributed by atoms with Gasteiger partial charge in [-0.05, 0) is 68.7 Å². The lowest BCUT2D eigenvalue weighted by Gasteiger charge is -2.31. The Kier molecular flexibility index (Phi) is 11.2. The number of carbonyl (C=O) groups excluding carboxylic acids is 2. The molecular formula is C31H36BrClN2O3. The first-order chi connectivity index (χ1) is 18.1. The Bertz CT molecular complexity index is 1200. The van der Waals surface area contributed by atoms with Crippen molar-refractivity contribution in [3.05, 3.63) is 99.0 Å². The largest absolute Gasteiger partial charge is 0.483 e. The predicted octanol–water partition coefficient (Wildman–Crippen LogP) is 7.02. The van der Waals surface area contributed by atoms with Gasteiger partial charge in [0.05, 0.1) is 4.47 Å². The van der Waals surface area contributed by atoms with E-state index in [0.717, 1.165) is 15.6 Å². The Morgan fingerprint density at radius 1 is 0.947 bits per heavy atom. The molecule has 0 aliphatic heterocycles. The number of nitrogens with zero attached hydrogens (tertiary/aromatic N) is 1. The number of benzene rings is 3. The third kappa shape index (κ3) is 8.88. The Balaban J connectivity index is 1.89. The topological polar surface area (TPSA) is 58.6 Å². The molecule has 0 saturated heterocycles. The molecule has 7 heteroatoms. The van der Waals surface area contributed by atoms with Crippen LogP contribution >= 0.6 is 27.5 Å². The highest BCUT2D eigenvalue weighted by molar-refractivity contribution is 9.10. The molecule has 0 aliphatic carbocycles. The molecule has 202 valence electrons. The van der Waals surface area contributed by atoms with E-state index in [4.69, 9.17) is 16.3 Å². The van der Waals surface area contributed by atoms with Crippen molar-refractivity contribution in [2.45, 2.75) is 52.6 Å². The van der Waals surface area contributed by atoms with E-state index in [1.165, 1.54) is 5.56 Å². The molecule has 3 aromatic carbocycles. The first kappa shape index (κ1) is 29.7. The van der Waals surface area contributed by atoms with Crippen LogP contribution in [0.3, 0.4) is 0 Å². The van der Waals surface area contributed by atoms with Crippen LogP contribution < -0.4 is 10.1 Å². The number of halogens is 2. The first-order valence-corrected chi connectivity index (χ1v) is 14.1. The molecule has 0 saturated carbocycles. The van der Waals surface area contributed by atoms with Gasteiger partial charge in [0.1, 0.15) is 11.8 Å². The van der Waals surface area contributed by atoms with Gasteiger partial charge in [0.15, 0.2) is 6.61 Å². The highest BCUT2D eigenvalue weighted by atomic mass is 79.9. The number of amides is 2. The summed E-state index contributed by atoms with van der Waals surface area (Å²) in [6.45, 7) is 8.90. The van der Waals surface area contributed by atoms with Crippen molar-refractivity contribution in [2.24, 2.45) is 5.92 Å². The van der Waals surface area contributed by atoms with Crippen molar-refractivity contribution in [1.29, 1.82) is 0 Å². The van der Waals surface area contributed by atoms with Crippen LogP contribution in [-0.4, -0.2) is 35.9 Å². The molecule has 5 nitrogen and oxygen atoms in total. The number of rotatable bonds is 12. The lowest BCUT2D eigenvalue weighted by atomic mass is 10.0. The van der Waals surface area contributed by atoms with E-state index in [2.05, 4.69) is 35.1 Å². The standard InChI is InChI=1S/C31H36BrClN2O3/c1-21(2)18-34-31(37)28(16-23-8-6-5-7-9-23)35(19-24-10-13-26(33)14-11-24)30(36)20-38-29-15-12-25(22(3)4)17-27(29)32/h5-15,17,21-22,28H,16,18-20H2,1-4H3,(H,34,37). The average Bonchev–Trinajstić information content (AvgIpc) is 2.90. The van der Waals surface area contributed by atoms with Crippen molar-refractivity contribution in [3.8, 4) is 5.75 Å². The van der Waals surface area contributed by atoms with Gasteiger partial charge in [-0.1, -0.05) is 87.8 Å². The van der Waals surface area contributed by atoms with Gasteiger partial charge < -0.3 is 15.0 Å². The second kappa shape index (κ2) is 14.4. The quantitative estimate of drug-likeness (QED) is 0.243. The minimum absolute atomic E-state index is 0.188. The summed E-state index contributed by atoms with van der Waals surface area (Å²) < 4.78 is 6.75. The van der Waals surface area contributed by atoms with Gasteiger partial charge in [-0.25, -0.2) is 0 Å². The Morgan fingerprint density at radius 2 is 1.63 bits per heavy atom. The van der Waals surface area contributed by atoms with Crippen LogP contribution in [0.5, 0.6) is 5.75 Å². The minimum atomic E-state index is -0.713. The Labute approximate surface area is 239 Å². The van der Waals surface area contributed by atoms with Gasteiger partial charge in [0.2, 0.25) is 5.91 Å². The predicted molar refractivity (Wildman–Crippen MR) is 158 cm³/mol. The van der Waals surface area contributed by atoms with E-state index >= 15 is 0 Å². The Hall–Kier alpha value is -2.83. The van der Waals surface area contributed by atoms with Gasteiger partial charge in [-0.2, -0.15) is 0 Å². The Morgan fingerprint density at radius 3 is 2.24 bits per heavy atom. The monoisotopic (exact) mass is 598 g/mol. The molecule has 0 heterocycles. The second-order valence-electron chi connectivity index (χ2n) is 10.1. The van der Waals surface area contributed by atoms with Crippen molar-refractivity contribution in [3.63, 3.8) is 0 Å². The van der Waals surface area contributed by atoms with Crippen LogP contribution in [0.1, 0.15) is 50.3 Å². The van der Waals surface area contributed by atoms with Gasteiger partial charge in [-0.3, -0.25) is 9.59 Å². The summed E-state index contributed by atoms with van der Waals surface area (Å²) >= 11 is 9.66. The van der Waals surface area contributed by atoms with Crippen molar-refractivity contribution in [2.75, 3.05) is 13.2 Å². The summed E-state index contributed by atoms with van der Waals surface area (Å²) in [6.07, 6.45) is 0.386. The maximum Gasteiger partial charge on any atom is 0.261 e. The zero-order valence-electron chi connectivity index (χ0n) is 22.4. The summed E-state index contributed by atoms with van der Waals surface area (Å²) in [5.74, 6) is 0.775. The molecule has 0 fully saturated rings. The third-order valence-electron chi connectivity index (χ3n) is 6.20. The molecule has 0 bridgehead atoms. The third-order valence-corrected chi connectivity index (χ3v) is 7.07. The van der Waals surface area contributed by atoms with E-state index in [1.807, 2.05) is 74.5 Å². The normalized spacial score (nSPS) is 11.9. The SMILES string of the molecule is CC(C)CNC(=O)C(Cc1ccccc1)N(Cc1ccc(Cl)cc1)C(=O)COc1ccc(C(C)C)cc1Br. The van der Waals surface area contributed by atoms with Crippen molar-refractivity contribution >= 4 is 39.3 Å². The second-order valence-corrected chi connectivity index (χ2v) is 11.4. The molecule has 2 amide bonds. The molecule has 38 heavy (non-hydrogen) atoms. The first-order valence-electron chi connectivity index (χ1n) is 12.9. The van der Waals surface area contributed by atoms with E-state index in [0.29, 0.717) is 29.7 Å². The highest BCUT2D eigenvalue weighted by Gasteiger charge is 2.31. The lowest BCUT2D eigenvalue weighted by molar-refractivity contribution is -0.142. The summed E-state index contributed by atoms with van der Waals surface area (Å²) in [6, 6.07) is 22.2. The van der Waals surface area contributed by atoms with Gasteiger partial charge >= 0.3 is 0 Å². The molecule has 3 rings (SSSR count). The smallest absolute Gasteiger partial charge is 0.261 e. The summed E-state index contributed by atoms with van der Waals surface area (Å²) in [5, 5.41) is 3.64. The van der Waals surface area contributed by atoms with Crippen LogP contribution in [0.4, 0.5) is 0 Å². The van der Waals surface area contributed by atoms with Crippen LogP contribution in [0, 0.1) is 5.92 Å². The fraction of sp³-hybridized carbons (Fsp3) is 0.355. The molecule has 1 unspecified atom stereocenters. The van der Waals surface area contributed by atoms with E-state index in [-0.39, 0.29) is 30.9 Å². The van der Waals surface area contributed by atoms with Gasteiger partial charge in [-0.15, -0.1) is 0 Å². The molecule has 0 spiro atoms. The van der Waals surface area contributed by atoms with Crippen LogP contribution in [0.25, 0.3) is 0 Å². The summed E-state index contributed by atoms with van der Waals surface area (Å²) in [5.41, 5.74) is 3.02. The summed E-state index contributed by atoms with van der Waals surface area (Å²) in [4.78, 5) is 28.8. The number of hydrogen-bond acceptors (Lipinski definition) is 3. The maximum absolute atomic E-state index is 13.7. The summed E-state index contributed by atoms with van der Waals surface area (Å²) in [7, 11) is 0. The van der Waals surface area contributed by atoms with Gasteiger partial charge in [0, 0.05) is 24.5 Å². The molecule has 3 aromatic rings. The fourth-order valence-electron chi connectivity index (χ4n) is 3.98. The zero-order valence-corrected chi connectivity index (χ0v) is 24.8. The number of hydrogen-bond donors (Lipinski definition) is 1. The van der Waals surface area contributed by atoms with E-state index in [1.54, 1.807) is 17.0 Å².